The normalized spacial score (nSPS) is 18.1. The lowest BCUT2D eigenvalue weighted by Crippen LogP contribution is -2.44. The van der Waals surface area contributed by atoms with Crippen molar-refractivity contribution in [2.75, 3.05) is 12.3 Å². The molecule has 1 amide bonds. The number of aromatic nitrogens is 2. The van der Waals surface area contributed by atoms with Crippen molar-refractivity contribution >= 4 is 17.7 Å². The average Bonchev–Trinajstić information content (AvgIpc) is 2.52. The summed E-state index contributed by atoms with van der Waals surface area (Å²) in [6.45, 7) is 6.59. The first-order valence-corrected chi connectivity index (χ1v) is 8.73. The van der Waals surface area contributed by atoms with E-state index in [1.165, 1.54) is 18.2 Å². The molecule has 1 aromatic heterocycles. The van der Waals surface area contributed by atoms with E-state index < -0.39 is 0 Å². The van der Waals surface area contributed by atoms with Gasteiger partial charge in [-0.2, -0.15) is 5.26 Å². The minimum atomic E-state index is 0.148. The Labute approximate surface area is 136 Å². The van der Waals surface area contributed by atoms with E-state index in [-0.39, 0.29) is 5.91 Å². The Balaban J connectivity index is 2.07. The highest BCUT2D eigenvalue weighted by atomic mass is 32.2. The Kier molecular flexibility index (Phi) is 5.78. The summed E-state index contributed by atoms with van der Waals surface area (Å²) < 4.78 is 0. The number of rotatable bonds is 4. The molecule has 6 heteroatoms. The van der Waals surface area contributed by atoms with Crippen LogP contribution < -0.4 is 0 Å². The number of thioether (sulfide) groups is 1. The second-order valence-electron chi connectivity index (χ2n) is 5.58. The molecule has 1 aliphatic rings. The molecule has 0 N–H and O–H groups in total. The van der Waals surface area contributed by atoms with Crippen LogP contribution in [0.2, 0.25) is 0 Å². The Hall–Kier alpha value is -1.61. The fourth-order valence-electron chi connectivity index (χ4n) is 2.88. The zero-order chi connectivity index (χ0) is 16.1. The molecule has 0 bridgehead atoms. The van der Waals surface area contributed by atoms with Crippen molar-refractivity contribution in [1.82, 2.24) is 14.9 Å². The van der Waals surface area contributed by atoms with E-state index in [1.807, 2.05) is 4.90 Å². The van der Waals surface area contributed by atoms with Crippen molar-refractivity contribution in [3.8, 4) is 6.07 Å². The van der Waals surface area contributed by atoms with Crippen LogP contribution in [0.25, 0.3) is 0 Å². The minimum absolute atomic E-state index is 0.148. The summed E-state index contributed by atoms with van der Waals surface area (Å²) in [4.78, 5) is 23.0. The molecule has 5 nitrogen and oxygen atoms in total. The van der Waals surface area contributed by atoms with Crippen LogP contribution in [-0.2, 0) is 4.79 Å². The van der Waals surface area contributed by atoms with Gasteiger partial charge in [-0.25, -0.2) is 9.97 Å². The number of aryl methyl sites for hydroxylation is 2. The first-order valence-electron chi connectivity index (χ1n) is 7.74. The van der Waals surface area contributed by atoms with Gasteiger partial charge in [0.1, 0.15) is 22.5 Å². The molecule has 1 aromatic rings. The van der Waals surface area contributed by atoms with Gasteiger partial charge in [-0.05, 0) is 39.5 Å². The SMILES string of the molecule is CCC1CCCCN1C(=O)CSc1nc(C)nc(C)c1C#N. The number of amides is 1. The zero-order valence-electron chi connectivity index (χ0n) is 13.4. The Morgan fingerprint density at radius 3 is 2.86 bits per heavy atom. The maximum atomic E-state index is 12.5. The monoisotopic (exact) mass is 318 g/mol. The average molecular weight is 318 g/mol. The smallest absolute Gasteiger partial charge is 0.233 e. The number of hydrogen-bond donors (Lipinski definition) is 0. The first-order chi connectivity index (χ1) is 10.6. The van der Waals surface area contributed by atoms with Crippen molar-refractivity contribution in [3.05, 3.63) is 17.1 Å². The van der Waals surface area contributed by atoms with Crippen LogP contribution in [0.1, 0.15) is 49.7 Å². The van der Waals surface area contributed by atoms with Crippen molar-refractivity contribution < 1.29 is 4.79 Å². The van der Waals surface area contributed by atoms with Crippen molar-refractivity contribution in [2.45, 2.75) is 57.5 Å². The first kappa shape index (κ1) is 16.8. The second-order valence-corrected chi connectivity index (χ2v) is 6.55. The molecule has 1 fully saturated rings. The molecule has 118 valence electrons. The molecule has 0 saturated carbocycles. The number of nitrogens with zero attached hydrogens (tertiary/aromatic N) is 4. The van der Waals surface area contributed by atoms with Crippen LogP contribution in [0.5, 0.6) is 0 Å². The van der Waals surface area contributed by atoms with Gasteiger partial charge in [0.05, 0.1) is 11.4 Å². The predicted octanol–water partition coefficient (Wildman–Crippen LogP) is 2.85. The molecule has 2 rings (SSSR count). The van der Waals surface area contributed by atoms with E-state index >= 15 is 0 Å². The van der Waals surface area contributed by atoms with Crippen LogP contribution >= 0.6 is 11.8 Å². The highest BCUT2D eigenvalue weighted by molar-refractivity contribution is 8.00. The molecule has 1 unspecified atom stereocenters. The topological polar surface area (TPSA) is 69.9 Å². The summed E-state index contributed by atoms with van der Waals surface area (Å²) in [6, 6.07) is 2.51. The highest BCUT2D eigenvalue weighted by Gasteiger charge is 2.25. The van der Waals surface area contributed by atoms with Gasteiger partial charge in [0, 0.05) is 12.6 Å². The maximum Gasteiger partial charge on any atom is 0.233 e. The van der Waals surface area contributed by atoms with Gasteiger partial charge < -0.3 is 4.90 Å². The molecule has 0 aliphatic carbocycles. The number of hydrogen-bond acceptors (Lipinski definition) is 5. The highest BCUT2D eigenvalue weighted by Crippen LogP contribution is 2.25. The largest absolute Gasteiger partial charge is 0.339 e. The summed E-state index contributed by atoms with van der Waals surface area (Å²) in [5.74, 6) is 1.12. The minimum Gasteiger partial charge on any atom is -0.339 e. The fraction of sp³-hybridized carbons (Fsp3) is 0.625. The summed E-state index contributed by atoms with van der Waals surface area (Å²) >= 11 is 1.35. The van der Waals surface area contributed by atoms with Gasteiger partial charge >= 0.3 is 0 Å². The lowest BCUT2D eigenvalue weighted by Gasteiger charge is -2.35. The number of carbonyl (C=O) groups is 1. The van der Waals surface area contributed by atoms with Crippen LogP contribution in [0.4, 0.5) is 0 Å². The third kappa shape index (κ3) is 3.77. The number of piperidine rings is 1. The summed E-state index contributed by atoms with van der Waals surface area (Å²) in [5.41, 5.74) is 1.16. The molecule has 1 aliphatic heterocycles. The van der Waals surface area contributed by atoms with Gasteiger partial charge in [0.2, 0.25) is 5.91 Å². The van der Waals surface area contributed by atoms with Gasteiger partial charge in [0.15, 0.2) is 0 Å². The Bertz CT molecular complexity index is 597. The van der Waals surface area contributed by atoms with E-state index in [4.69, 9.17) is 0 Å². The number of carbonyl (C=O) groups excluding carboxylic acids is 1. The number of nitriles is 1. The fourth-order valence-corrected chi connectivity index (χ4v) is 3.84. The molecule has 0 radical (unpaired) electrons. The second kappa shape index (κ2) is 7.59. The van der Waals surface area contributed by atoms with Crippen molar-refractivity contribution in [3.63, 3.8) is 0 Å². The molecule has 0 aromatic carbocycles. The summed E-state index contributed by atoms with van der Waals surface area (Å²) in [5, 5.41) is 9.86. The van der Waals surface area contributed by atoms with Gasteiger partial charge in [-0.3, -0.25) is 4.79 Å². The van der Waals surface area contributed by atoms with E-state index in [1.54, 1.807) is 13.8 Å². The van der Waals surface area contributed by atoms with Crippen LogP contribution in [0.15, 0.2) is 5.03 Å². The third-order valence-corrected chi connectivity index (χ3v) is 4.99. The van der Waals surface area contributed by atoms with Crippen molar-refractivity contribution in [1.29, 1.82) is 5.26 Å². The summed E-state index contributed by atoms with van der Waals surface area (Å²) in [6.07, 6.45) is 4.40. The van der Waals surface area contributed by atoms with Crippen LogP contribution in [0, 0.1) is 25.2 Å². The predicted molar refractivity (Wildman–Crippen MR) is 86.6 cm³/mol. The standard InChI is InChI=1S/C16H22N4OS/c1-4-13-7-5-6-8-20(13)15(21)10-22-16-14(9-17)11(2)18-12(3)19-16/h13H,4-8,10H2,1-3H3. The molecule has 22 heavy (non-hydrogen) atoms. The number of likely N-dealkylation sites (tertiary alicyclic amines) is 1. The molecule has 1 saturated heterocycles. The third-order valence-electron chi connectivity index (χ3n) is 4.03. The van der Waals surface area contributed by atoms with E-state index in [0.717, 1.165) is 25.8 Å². The molecular formula is C16H22N4OS. The van der Waals surface area contributed by atoms with Gasteiger partial charge in [-0.1, -0.05) is 18.7 Å². The Morgan fingerprint density at radius 1 is 1.41 bits per heavy atom. The zero-order valence-corrected chi connectivity index (χ0v) is 14.2. The molecule has 1 atom stereocenters. The van der Waals surface area contributed by atoms with Crippen LogP contribution in [0.3, 0.4) is 0 Å². The van der Waals surface area contributed by atoms with E-state index in [9.17, 15) is 10.1 Å². The quantitative estimate of drug-likeness (QED) is 0.630. The summed E-state index contributed by atoms with van der Waals surface area (Å²) in [7, 11) is 0. The Morgan fingerprint density at radius 2 is 2.18 bits per heavy atom. The van der Waals surface area contributed by atoms with E-state index in [0.29, 0.717) is 33.9 Å². The lowest BCUT2D eigenvalue weighted by molar-refractivity contribution is -0.132. The maximum absolute atomic E-state index is 12.5. The van der Waals surface area contributed by atoms with Gasteiger partial charge in [0.25, 0.3) is 0 Å². The van der Waals surface area contributed by atoms with Gasteiger partial charge in [-0.15, -0.1) is 0 Å². The molecule has 2 heterocycles. The van der Waals surface area contributed by atoms with Crippen LogP contribution in [-0.4, -0.2) is 39.1 Å². The lowest BCUT2D eigenvalue weighted by atomic mass is 10.0. The molecule has 0 spiro atoms. The van der Waals surface area contributed by atoms with E-state index in [2.05, 4.69) is 23.0 Å². The van der Waals surface area contributed by atoms with Crippen molar-refractivity contribution in [2.24, 2.45) is 0 Å². The molecular weight excluding hydrogens is 296 g/mol.